The molecule has 5 nitrogen and oxygen atoms in total. The van der Waals surface area contributed by atoms with Crippen molar-refractivity contribution < 1.29 is 14.3 Å². The summed E-state index contributed by atoms with van der Waals surface area (Å²) in [5.41, 5.74) is -0.561. The monoisotopic (exact) mass is 182 g/mol. The van der Waals surface area contributed by atoms with Gasteiger partial charge in [-0.25, -0.2) is 19.6 Å². The van der Waals surface area contributed by atoms with Crippen molar-refractivity contribution in [2.45, 2.75) is 18.4 Å². The molecular formula is C8H10N2O3. The van der Waals surface area contributed by atoms with Gasteiger partial charge < -0.3 is 4.74 Å². The van der Waals surface area contributed by atoms with Gasteiger partial charge in [-0.05, 0) is 12.8 Å². The summed E-state index contributed by atoms with van der Waals surface area (Å²) in [5.74, 6) is 0. The van der Waals surface area contributed by atoms with E-state index in [1.807, 2.05) is 0 Å². The topological polar surface area (TPSA) is 68.1 Å². The number of carbonyl (C=O) groups excluding carboxylic acids is 2. The Kier molecular flexibility index (Phi) is 3.53. The molecule has 0 saturated carbocycles. The van der Waals surface area contributed by atoms with Crippen molar-refractivity contribution in [3.05, 3.63) is 0 Å². The molecule has 1 heterocycles. The lowest BCUT2D eigenvalue weighted by Crippen LogP contribution is -2.35. The maximum atomic E-state index is 9.92. The standard InChI is InChI=1S/C8H10N2O3/c11-6-9-4-8(5-10-7-12)2-1-3-13-8/h1-5H2. The molecule has 0 aromatic heterocycles. The van der Waals surface area contributed by atoms with E-state index in [-0.39, 0.29) is 13.1 Å². The molecule has 1 fully saturated rings. The second-order valence-corrected chi connectivity index (χ2v) is 2.95. The van der Waals surface area contributed by atoms with Crippen molar-refractivity contribution >= 4 is 12.2 Å². The minimum absolute atomic E-state index is 0.224. The summed E-state index contributed by atoms with van der Waals surface area (Å²) in [5, 5.41) is 0. The maximum absolute atomic E-state index is 9.92. The van der Waals surface area contributed by atoms with Gasteiger partial charge >= 0.3 is 0 Å². The molecule has 0 aromatic carbocycles. The molecule has 0 spiro atoms. The minimum atomic E-state index is -0.561. The molecule has 5 heteroatoms. The third-order valence-electron chi connectivity index (χ3n) is 2.05. The number of ether oxygens (including phenoxy) is 1. The minimum Gasteiger partial charge on any atom is -0.371 e. The molecule has 1 aliphatic heterocycles. The van der Waals surface area contributed by atoms with Crippen molar-refractivity contribution in [3.8, 4) is 0 Å². The van der Waals surface area contributed by atoms with E-state index in [1.165, 1.54) is 12.2 Å². The number of rotatable bonds is 4. The summed E-state index contributed by atoms with van der Waals surface area (Å²) in [6.45, 7) is 1.08. The van der Waals surface area contributed by atoms with Gasteiger partial charge in [0.15, 0.2) is 0 Å². The number of isocyanates is 2. The van der Waals surface area contributed by atoms with Crippen molar-refractivity contribution in [1.29, 1.82) is 0 Å². The molecule has 0 aromatic rings. The maximum Gasteiger partial charge on any atom is 0.235 e. The average Bonchev–Trinajstić information content (AvgIpc) is 2.61. The lowest BCUT2D eigenvalue weighted by molar-refractivity contribution is 0.0204. The molecule has 70 valence electrons. The Morgan fingerprint density at radius 1 is 1.23 bits per heavy atom. The van der Waals surface area contributed by atoms with Gasteiger partial charge in [0.1, 0.15) is 5.60 Å². The van der Waals surface area contributed by atoms with Crippen molar-refractivity contribution in [2.24, 2.45) is 9.98 Å². The molecule has 0 bridgehead atoms. The van der Waals surface area contributed by atoms with Gasteiger partial charge in [-0.2, -0.15) is 0 Å². The number of aliphatic imine (C=N–C) groups is 2. The van der Waals surface area contributed by atoms with Crippen LogP contribution in [0, 0.1) is 0 Å². The molecule has 0 aliphatic carbocycles. The fraction of sp³-hybridized carbons (Fsp3) is 0.750. The lowest BCUT2D eigenvalue weighted by atomic mass is 10.0. The zero-order valence-corrected chi connectivity index (χ0v) is 7.15. The molecule has 1 aliphatic rings. The summed E-state index contributed by atoms with van der Waals surface area (Å²) in [4.78, 5) is 26.8. The van der Waals surface area contributed by atoms with Gasteiger partial charge in [-0.3, -0.25) is 0 Å². The molecule has 1 rings (SSSR count). The van der Waals surface area contributed by atoms with Crippen LogP contribution < -0.4 is 0 Å². The summed E-state index contributed by atoms with van der Waals surface area (Å²) in [6.07, 6.45) is 4.57. The van der Waals surface area contributed by atoms with Crippen molar-refractivity contribution in [1.82, 2.24) is 0 Å². The van der Waals surface area contributed by atoms with Crippen LogP contribution in [0.2, 0.25) is 0 Å². The van der Waals surface area contributed by atoms with Crippen LogP contribution >= 0.6 is 0 Å². The average molecular weight is 182 g/mol. The van der Waals surface area contributed by atoms with Crippen LogP contribution in [-0.2, 0) is 14.3 Å². The molecular weight excluding hydrogens is 172 g/mol. The highest BCUT2D eigenvalue weighted by atomic mass is 16.5. The first kappa shape index (κ1) is 9.81. The van der Waals surface area contributed by atoms with Gasteiger partial charge in [0, 0.05) is 6.61 Å². The van der Waals surface area contributed by atoms with Gasteiger partial charge in [0.2, 0.25) is 12.2 Å². The second-order valence-electron chi connectivity index (χ2n) is 2.95. The predicted octanol–water partition coefficient (Wildman–Crippen LogP) is 0.207. The first-order chi connectivity index (χ1) is 6.33. The molecule has 0 amide bonds. The number of hydrogen-bond donors (Lipinski definition) is 0. The Labute approximate surface area is 75.5 Å². The summed E-state index contributed by atoms with van der Waals surface area (Å²) < 4.78 is 5.40. The summed E-state index contributed by atoms with van der Waals surface area (Å²) >= 11 is 0. The Hall–Kier alpha value is -1.28. The van der Waals surface area contributed by atoms with Gasteiger partial charge in [-0.1, -0.05) is 0 Å². The Morgan fingerprint density at radius 2 is 1.85 bits per heavy atom. The van der Waals surface area contributed by atoms with E-state index in [1.54, 1.807) is 0 Å². The van der Waals surface area contributed by atoms with Crippen LogP contribution in [0.25, 0.3) is 0 Å². The number of hydrogen-bond acceptors (Lipinski definition) is 5. The third-order valence-corrected chi connectivity index (χ3v) is 2.05. The molecule has 0 N–H and O–H groups in total. The molecule has 13 heavy (non-hydrogen) atoms. The molecule has 0 radical (unpaired) electrons. The van der Waals surface area contributed by atoms with E-state index in [0.29, 0.717) is 6.61 Å². The molecule has 0 unspecified atom stereocenters. The van der Waals surface area contributed by atoms with E-state index in [4.69, 9.17) is 4.74 Å². The summed E-state index contributed by atoms with van der Waals surface area (Å²) in [7, 11) is 0. The Morgan fingerprint density at radius 3 is 2.23 bits per heavy atom. The van der Waals surface area contributed by atoms with Crippen LogP contribution in [0.4, 0.5) is 0 Å². The van der Waals surface area contributed by atoms with Crippen molar-refractivity contribution in [3.63, 3.8) is 0 Å². The highest BCUT2D eigenvalue weighted by molar-refractivity contribution is 5.34. The van der Waals surface area contributed by atoms with Crippen LogP contribution in [0.3, 0.4) is 0 Å². The fourth-order valence-corrected chi connectivity index (χ4v) is 1.41. The number of nitrogens with zero attached hydrogens (tertiary/aromatic N) is 2. The van der Waals surface area contributed by atoms with E-state index < -0.39 is 5.60 Å². The van der Waals surface area contributed by atoms with E-state index in [0.717, 1.165) is 12.8 Å². The highest BCUT2D eigenvalue weighted by Gasteiger charge is 2.34. The largest absolute Gasteiger partial charge is 0.371 e. The van der Waals surface area contributed by atoms with Crippen molar-refractivity contribution in [2.75, 3.05) is 19.7 Å². The Balaban J connectivity index is 2.61. The predicted molar refractivity (Wildman–Crippen MR) is 43.9 cm³/mol. The zero-order chi connectivity index (χ0) is 9.57. The Bertz CT molecular complexity index is 237. The smallest absolute Gasteiger partial charge is 0.235 e. The molecule has 1 saturated heterocycles. The van der Waals surface area contributed by atoms with Crippen LogP contribution in [0.1, 0.15) is 12.8 Å². The van der Waals surface area contributed by atoms with Crippen LogP contribution in [0.15, 0.2) is 9.98 Å². The van der Waals surface area contributed by atoms with Gasteiger partial charge in [0.05, 0.1) is 13.1 Å². The first-order valence-electron chi connectivity index (χ1n) is 4.04. The van der Waals surface area contributed by atoms with E-state index in [9.17, 15) is 9.59 Å². The van der Waals surface area contributed by atoms with E-state index in [2.05, 4.69) is 9.98 Å². The van der Waals surface area contributed by atoms with Gasteiger partial charge in [-0.15, -0.1) is 0 Å². The highest BCUT2D eigenvalue weighted by Crippen LogP contribution is 2.26. The quantitative estimate of drug-likeness (QED) is 0.461. The normalized spacial score (nSPS) is 26.2. The van der Waals surface area contributed by atoms with Gasteiger partial charge in [0.25, 0.3) is 0 Å². The zero-order valence-electron chi connectivity index (χ0n) is 7.15. The van der Waals surface area contributed by atoms with Crippen LogP contribution in [0.5, 0.6) is 0 Å². The van der Waals surface area contributed by atoms with E-state index >= 15 is 0 Å². The SMILES string of the molecule is O=C=NCC1(CN=C=O)CCCO1. The lowest BCUT2D eigenvalue weighted by Gasteiger charge is -2.22. The summed E-state index contributed by atoms with van der Waals surface area (Å²) in [6, 6.07) is 0. The second kappa shape index (κ2) is 4.67. The fourth-order valence-electron chi connectivity index (χ4n) is 1.41. The first-order valence-corrected chi connectivity index (χ1v) is 4.04. The van der Waals surface area contributed by atoms with Crippen LogP contribution in [-0.4, -0.2) is 37.5 Å². The molecule has 0 atom stereocenters. The third kappa shape index (κ3) is 2.60.